The van der Waals surface area contributed by atoms with Crippen molar-refractivity contribution in [2.45, 2.75) is 45.1 Å². The Balaban J connectivity index is 1.61. The van der Waals surface area contributed by atoms with Gasteiger partial charge in [-0.1, -0.05) is 6.07 Å². The van der Waals surface area contributed by atoms with E-state index in [-0.39, 0.29) is 29.2 Å². The lowest BCUT2D eigenvalue weighted by Gasteiger charge is -2.12. The van der Waals surface area contributed by atoms with E-state index in [0.29, 0.717) is 28.7 Å². The van der Waals surface area contributed by atoms with Crippen LogP contribution in [0.4, 0.5) is 10.1 Å². The van der Waals surface area contributed by atoms with E-state index in [4.69, 9.17) is 4.98 Å². The summed E-state index contributed by atoms with van der Waals surface area (Å²) in [4.78, 5) is 18.0. The number of nitrogens with zero attached hydrogens (tertiary/aromatic N) is 3. The summed E-state index contributed by atoms with van der Waals surface area (Å²) in [7, 11) is -3.10. The van der Waals surface area contributed by atoms with Gasteiger partial charge in [-0.15, -0.1) is 0 Å². The van der Waals surface area contributed by atoms with Crippen molar-refractivity contribution in [2.75, 3.05) is 16.8 Å². The molecule has 7 nitrogen and oxygen atoms in total. The molecule has 31 heavy (non-hydrogen) atoms. The van der Waals surface area contributed by atoms with Crippen molar-refractivity contribution < 1.29 is 17.6 Å². The molecule has 1 atom stereocenters. The smallest absolute Gasteiger partial charge is 0.256 e. The van der Waals surface area contributed by atoms with Gasteiger partial charge in [0.15, 0.2) is 15.5 Å². The first-order valence-corrected chi connectivity index (χ1v) is 12.2. The number of benzene rings is 1. The van der Waals surface area contributed by atoms with E-state index < -0.39 is 21.6 Å². The Bertz CT molecular complexity index is 1330. The summed E-state index contributed by atoms with van der Waals surface area (Å²) in [5.41, 5.74) is 3.18. The first-order valence-electron chi connectivity index (χ1n) is 10.4. The fourth-order valence-corrected chi connectivity index (χ4v) is 5.93. The van der Waals surface area contributed by atoms with Crippen molar-refractivity contribution in [2.24, 2.45) is 0 Å². The first-order chi connectivity index (χ1) is 14.7. The third-order valence-corrected chi connectivity index (χ3v) is 7.77. The lowest BCUT2D eigenvalue weighted by molar-refractivity contribution is 0.102. The average molecular weight is 443 g/mol. The normalized spacial score (nSPS) is 20.3. The van der Waals surface area contributed by atoms with Gasteiger partial charge in [-0.3, -0.25) is 4.79 Å². The van der Waals surface area contributed by atoms with Gasteiger partial charge in [0.05, 0.1) is 39.9 Å². The Morgan fingerprint density at radius 1 is 1.19 bits per heavy atom. The zero-order valence-corrected chi connectivity index (χ0v) is 18.2. The summed E-state index contributed by atoms with van der Waals surface area (Å²) >= 11 is 0. The second-order valence-corrected chi connectivity index (χ2v) is 10.8. The minimum absolute atomic E-state index is 0.0225. The number of aromatic nitrogens is 3. The molecule has 0 radical (unpaired) electrons. The summed E-state index contributed by atoms with van der Waals surface area (Å²) in [5, 5.41) is 7.83. The molecule has 1 amide bonds. The molecule has 1 N–H and O–H groups in total. The van der Waals surface area contributed by atoms with Crippen LogP contribution in [0.2, 0.25) is 0 Å². The topological polar surface area (TPSA) is 93.9 Å². The largest absolute Gasteiger partial charge is 0.319 e. The number of hydrogen-bond acceptors (Lipinski definition) is 5. The molecule has 162 valence electrons. The Morgan fingerprint density at radius 3 is 2.61 bits per heavy atom. The predicted molar refractivity (Wildman–Crippen MR) is 116 cm³/mol. The van der Waals surface area contributed by atoms with Crippen molar-refractivity contribution >= 4 is 32.5 Å². The molecular weight excluding hydrogens is 419 g/mol. The number of pyridine rings is 1. The molecule has 5 rings (SSSR count). The zero-order valence-electron chi connectivity index (χ0n) is 17.4. The fraction of sp³-hybridized carbons (Fsp3) is 0.409. The van der Waals surface area contributed by atoms with Crippen molar-refractivity contribution in [1.82, 2.24) is 14.8 Å². The van der Waals surface area contributed by atoms with Crippen LogP contribution in [0.5, 0.6) is 0 Å². The van der Waals surface area contributed by atoms with E-state index in [9.17, 15) is 17.6 Å². The van der Waals surface area contributed by atoms with Gasteiger partial charge in [0, 0.05) is 11.6 Å². The molecule has 3 heterocycles. The highest BCUT2D eigenvalue weighted by atomic mass is 32.2. The van der Waals surface area contributed by atoms with Crippen LogP contribution in [-0.4, -0.2) is 40.6 Å². The minimum atomic E-state index is -3.10. The van der Waals surface area contributed by atoms with Crippen LogP contribution in [-0.2, 0) is 9.84 Å². The van der Waals surface area contributed by atoms with Gasteiger partial charge < -0.3 is 5.32 Å². The van der Waals surface area contributed by atoms with Crippen molar-refractivity contribution in [3.8, 4) is 0 Å². The summed E-state index contributed by atoms with van der Waals surface area (Å²) in [6.45, 7) is 3.56. The maximum Gasteiger partial charge on any atom is 0.256 e. The highest BCUT2D eigenvalue weighted by molar-refractivity contribution is 7.91. The number of hydrogen-bond donors (Lipinski definition) is 1. The highest BCUT2D eigenvalue weighted by Crippen LogP contribution is 2.41. The lowest BCUT2D eigenvalue weighted by Crippen LogP contribution is -2.16. The Labute approximate surface area is 179 Å². The van der Waals surface area contributed by atoms with Crippen molar-refractivity contribution in [3.63, 3.8) is 0 Å². The molecule has 3 aromatic rings. The van der Waals surface area contributed by atoms with Gasteiger partial charge in [0.25, 0.3) is 5.91 Å². The second kappa shape index (κ2) is 7.12. The number of sulfone groups is 1. The molecule has 0 bridgehead atoms. The van der Waals surface area contributed by atoms with E-state index in [1.807, 2.05) is 0 Å². The maximum atomic E-state index is 14.3. The molecule has 1 saturated carbocycles. The van der Waals surface area contributed by atoms with Crippen LogP contribution < -0.4 is 5.32 Å². The number of fused-ring (bicyclic) bond motifs is 1. The van der Waals surface area contributed by atoms with Crippen LogP contribution in [0, 0.1) is 19.7 Å². The Kier molecular flexibility index (Phi) is 4.62. The third kappa shape index (κ3) is 3.71. The molecule has 2 aliphatic rings. The van der Waals surface area contributed by atoms with E-state index in [2.05, 4.69) is 10.4 Å². The molecule has 1 aliphatic carbocycles. The van der Waals surface area contributed by atoms with E-state index in [0.717, 1.165) is 24.1 Å². The molecule has 2 aromatic heterocycles. The van der Waals surface area contributed by atoms with Crippen LogP contribution in [0.25, 0.3) is 11.0 Å². The monoisotopic (exact) mass is 442 g/mol. The van der Waals surface area contributed by atoms with Gasteiger partial charge in [0.1, 0.15) is 5.82 Å². The van der Waals surface area contributed by atoms with Crippen LogP contribution in [0.3, 0.4) is 0 Å². The first kappa shape index (κ1) is 20.1. The van der Waals surface area contributed by atoms with Gasteiger partial charge >= 0.3 is 0 Å². The molecule has 1 aromatic carbocycles. The minimum Gasteiger partial charge on any atom is -0.319 e. The highest BCUT2D eigenvalue weighted by Gasteiger charge is 2.34. The second-order valence-electron chi connectivity index (χ2n) is 8.59. The summed E-state index contributed by atoms with van der Waals surface area (Å²) < 4.78 is 40.0. The number of anilines is 1. The van der Waals surface area contributed by atoms with Gasteiger partial charge in [-0.05, 0) is 56.9 Å². The molecule has 2 fully saturated rings. The zero-order chi connectivity index (χ0) is 21.9. The summed E-state index contributed by atoms with van der Waals surface area (Å²) in [6.07, 6.45) is 2.47. The van der Waals surface area contributed by atoms with Crippen LogP contribution >= 0.6 is 0 Å². The number of aryl methyl sites for hydroxylation is 2. The Morgan fingerprint density at radius 2 is 1.97 bits per heavy atom. The number of rotatable bonds is 4. The SMILES string of the molecule is Cc1ccc(NC(=O)c2cc(C3CC3)nc3c2c(C)nn3[C@H]2CCS(=O)(=O)C2)c(F)c1. The van der Waals surface area contributed by atoms with Crippen LogP contribution in [0.15, 0.2) is 24.3 Å². The molecule has 0 spiro atoms. The lowest BCUT2D eigenvalue weighted by atomic mass is 10.1. The number of nitrogens with one attached hydrogen (secondary N) is 1. The standard InChI is InChI=1S/C22H23FN4O3S/c1-12-3-6-18(17(23)9-12)25-22(28)16-10-19(14-4-5-14)24-21-20(16)13(2)26-27(21)15-7-8-31(29,30)11-15/h3,6,9-10,14-15H,4-5,7-8,11H2,1-2H3,(H,25,28)/t15-/m0/s1. The van der Waals surface area contributed by atoms with E-state index >= 15 is 0 Å². The average Bonchev–Trinajstić information content (AvgIpc) is 3.43. The molecule has 1 saturated heterocycles. The van der Waals surface area contributed by atoms with Gasteiger partial charge in [-0.25, -0.2) is 22.5 Å². The van der Waals surface area contributed by atoms with E-state index in [1.165, 1.54) is 6.07 Å². The maximum absolute atomic E-state index is 14.3. The number of amides is 1. The summed E-state index contributed by atoms with van der Waals surface area (Å²) in [5.74, 6) is -0.499. The Hall–Kier alpha value is -2.81. The quantitative estimate of drug-likeness (QED) is 0.665. The predicted octanol–water partition coefficient (Wildman–Crippen LogP) is 3.68. The van der Waals surface area contributed by atoms with Gasteiger partial charge in [0.2, 0.25) is 0 Å². The van der Waals surface area contributed by atoms with E-state index in [1.54, 1.807) is 36.7 Å². The number of carbonyl (C=O) groups is 1. The molecule has 1 aliphatic heterocycles. The molecule has 9 heteroatoms. The van der Waals surface area contributed by atoms with Crippen LogP contribution in [0.1, 0.15) is 58.5 Å². The molecular formula is C22H23FN4O3S. The van der Waals surface area contributed by atoms with Crippen molar-refractivity contribution in [3.05, 3.63) is 52.6 Å². The van der Waals surface area contributed by atoms with Crippen molar-refractivity contribution in [1.29, 1.82) is 0 Å². The number of carbonyl (C=O) groups excluding carboxylic acids is 1. The number of halogens is 1. The summed E-state index contributed by atoms with van der Waals surface area (Å²) in [6, 6.07) is 6.12. The third-order valence-electron chi connectivity index (χ3n) is 6.02. The fourth-order valence-electron chi connectivity index (χ4n) is 4.23. The molecule has 0 unspecified atom stereocenters. The van der Waals surface area contributed by atoms with Gasteiger partial charge in [-0.2, -0.15) is 5.10 Å².